The standard InChI is InChI=1S/C24H24N4O3S/c29-24(21-13-17-28(18-14-21)32(30,31)22-9-5-2-6-10-22)27-26-23(19-7-3-1-4-8-19)20-11-15-25-16-12-20/h1-12,15-16,21H,13-14,17-18H2,(H,27,29)/b26-23-. The number of carbonyl (C=O) groups is 1. The summed E-state index contributed by atoms with van der Waals surface area (Å²) in [5.41, 5.74) is 5.06. The molecule has 1 fully saturated rings. The van der Waals surface area contributed by atoms with Crippen molar-refractivity contribution in [2.24, 2.45) is 11.0 Å². The molecule has 1 amide bonds. The van der Waals surface area contributed by atoms with E-state index in [1.54, 1.807) is 42.7 Å². The highest BCUT2D eigenvalue weighted by Crippen LogP contribution is 2.24. The SMILES string of the molecule is O=C(N/N=C(/c1ccccc1)c1ccncc1)C1CCN(S(=O)(=O)c2ccccc2)CC1. The first-order valence-corrected chi connectivity index (χ1v) is 11.9. The lowest BCUT2D eigenvalue weighted by Gasteiger charge is -2.30. The summed E-state index contributed by atoms with van der Waals surface area (Å²) in [5.74, 6) is -0.500. The van der Waals surface area contributed by atoms with Crippen molar-refractivity contribution in [3.8, 4) is 0 Å². The number of aromatic nitrogens is 1. The smallest absolute Gasteiger partial charge is 0.243 e. The van der Waals surface area contributed by atoms with Crippen LogP contribution in [0.25, 0.3) is 0 Å². The highest BCUT2D eigenvalue weighted by molar-refractivity contribution is 7.89. The zero-order valence-corrected chi connectivity index (χ0v) is 18.3. The molecule has 3 aromatic rings. The number of hydrogen-bond donors (Lipinski definition) is 1. The Morgan fingerprint density at radius 1 is 0.875 bits per heavy atom. The van der Waals surface area contributed by atoms with Crippen LogP contribution in [-0.4, -0.2) is 42.4 Å². The molecule has 2 aromatic carbocycles. The summed E-state index contributed by atoms with van der Waals surface area (Å²) < 4.78 is 27.0. The number of hydrogen-bond acceptors (Lipinski definition) is 5. The van der Waals surface area contributed by atoms with E-state index in [1.807, 2.05) is 42.5 Å². The van der Waals surface area contributed by atoms with Gasteiger partial charge in [0.15, 0.2) is 0 Å². The summed E-state index contributed by atoms with van der Waals surface area (Å²) in [6.07, 6.45) is 4.25. The number of amides is 1. The van der Waals surface area contributed by atoms with Crippen molar-refractivity contribution in [2.75, 3.05) is 13.1 Å². The lowest BCUT2D eigenvalue weighted by Crippen LogP contribution is -2.42. The molecule has 164 valence electrons. The summed E-state index contributed by atoms with van der Waals surface area (Å²) in [6, 6.07) is 21.7. The van der Waals surface area contributed by atoms with Gasteiger partial charge in [0, 0.05) is 42.5 Å². The molecule has 8 heteroatoms. The molecule has 7 nitrogen and oxygen atoms in total. The van der Waals surface area contributed by atoms with Crippen molar-refractivity contribution in [2.45, 2.75) is 17.7 Å². The van der Waals surface area contributed by atoms with E-state index in [0.29, 0.717) is 31.6 Å². The maximum atomic E-state index is 12.8. The lowest BCUT2D eigenvalue weighted by atomic mass is 9.97. The first-order chi connectivity index (χ1) is 15.6. The maximum Gasteiger partial charge on any atom is 0.243 e. The van der Waals surface area contributed by atoms with Crippen molar-refractivity contribution in [1.29, 1.82) is 0 Å². The number of benzene rings is 2. The molecular weight excluding hydrogens is 424 g/mol. The average molecular weight is 449 g/mol. The molecule has 0 aliphatic carbocycles. The molecule has 1 N–H and O–H groups in total. The van der Waals surface area contributed by atoms with Crippen LogP contribution in [0.3, 0.4) is 0 Å². The molecule has 0 atom stereocenters. The molecule has 1 aliphatic rings. The highest BCUT2D eigenvalue weighted by atomic mass is 32.2. The van der Waals surface area contributed by atoms with Crippen LogP contribution < -0.4 is 5.43 Å². The number of pyridine rings is 1. The van der Waals surface area contributed by atoms with Gasteiger partial charge in [0.2, 0.25) is 15.9 Å². The van der Waals surface area contributed by atoms with Gasteiger partial charge in [-0.1, -0.05) is 48.5 Å². The van der Waals surface area contributed by atoms with Gasteiger partial charge in [-0.05, 0) is 37.1 Å². The molecule has 1 saturated heterocycles. The zero-order chi connectivity index (χ0) is 22.4. The van der Waals surface area contributed by atoms with E-state index in [1.165, 1.54) is 4.31 Å². The minimum atomic E-state index is -3.54. The van der Waals surface area contributed by atoms with Crippen molar-refractivity contribution >= 4 is 21.6 Å². The van der Waals surface area contributed by atoms with Crippen LogP contribution in [0, 0.1) is 5.92 Å². The fourth-order valence-electron chi connectivity index (χ4n) is 3.70. The molecule has 0 saturated carbocycles. The number of sulfonamides is 1. The van der Waals surface area contributed by atoms with Gasteiger partial charge in [0.1, 0.15) is 0 Å². The van der Waals surface area contributed by atoms with Crippen molar-refractivity contribution in [3.05, 3.63) is 96.3 Å². The Morgan fingerprint density at radius 2 is 1.44 bits per heavy atom. The molecule has 4 rings (SSSR count). The van der Waals surface area contributed by atoms with Crippen LogP contribution >= 0.6 is 0 Å². The number of piperidine rings is 1. The van der Waals surface area contributed by atoms with E-state index < -0.39 is 10.0 Å². The topological polar surface area (TPSA) is 91.7 Å². The quantitative estimate of drug-likeness (QED) is 0.463. The van der Waals surface area contributed by atoms with E-state index in [9.17, 15) is 13.2 Å². The first-order valence-electron chi connectivity index (χ1n) is 10.4. The summed E-state index contributed by atoms with van der Waals surface area (Å²) in [7, 11) is -3.54. The summed E-state index contributed by atoms with van der Waals surface area (Å²) >= 11 is 0. The Morgan fingerprint density at radius 3 is 2.06 bits per heavy atom. The monoisotopic (exact) mass is 448 g/mol. The van der Waals surface area contributed by atoms with Gasteiger partial charge in [-0.25, -0.2) is 13.8 Å². The third kappa shape index (κ3) is 4.92. The third-order valence-corrected chi connectivity index (χ3v) is 7.40. The molecule has 32 heavy (non-hydrogen) atoms. The summed E-state index contributed by atoms with van der Waals surface area (Å²) in [5, 5.41) is 4.41. The van der Waals surface area contributed by atoms with Gasteiger partial charge >= 0.3 is 0 Å². The van der Waals surface area contributed by atoms with Gasteiger partial charge in [0.25, 0.3) is 0 Å². The van der Waals surface area contributed by atoms with Crippen LogP contribution in [0.1, 0.15) is 24.0 Å². The number of rotatable bonds is 6. The number of nitrogens with zero attached hydrogens (tertiary/aromatic N) is 3. The fraction of sp³-hybridized carbons (Fsp3) is 0.208. The fourth-order valence-corrected chi connectivity index (χ4v) is 5.19. The van der Waals surface area contributed by atoms with Crippen LogP contribution in [0.2, 0.25) is 0 Å². The Kier molecular flexibility index (Phi) is 6.72. The zero-order valence-electron chi connectivity index (χ0n) is 17.5. The van der Waals surface area contributed by atoms with E-state index >= 15 is 0 Å². The Bertz CT molecular complexity index is 1130. The van der Waals surface area contributed by atoms with Crippen LogP contribution in [-0.2, 0) is 14.8 Å². The van der Waals surface area contributed by atoms with E-state index in [2.05, 4.69) is 15.5 Å². The number of carbonyl (C=O) groups excluding carboxylic acids is 1. The average Bonchev–Trinajstić information content (AvgIpc) is 2.86. The van der Waals surface area contributed by atoms with Gasteiger partial charge in [0.05, 0.1) is 10.6 Å². The minimum absolute atomic E-state index is 0.204. The predicted octanol–water partition coefficient (Wildman–Crippen LogP) is 3.05. The number of nitrogens with one attached hydrogen (secondary N) is 1. The summed E-state index contributed by atoms with van der Waals surface area (Å²) in [6.45, 7) is 0.601. The molecule has 0 radical (unpaired) electrons. The van der Waals surface area contributed by atoms with Gasteiger partial charge < -0.3 is 0 Å². The summed E-state index contributed by atoms with van der Waals surface area (Å²) in [4.78, 5) is 17.1. The Labute approximate surface area is 187 Å². The van der Waals surface area contributed by atoms with E-state index in [-0.39, 0.29) is 16.7 Å². The second-order valence-corrected chi connectivity index (χ2v) is 9.47. The molecule has 0 bridgehead atoms. The van der Waals surface area contributed by atoms with E-state index in [0.717, 1.165) is 11.1 Å². The van der Waals surface area contributed by atoms with Crippen LogP contribution in [0.4, 0.5) is 0 Å². The van der Waals surface area contributed by atoms with Crippen molar-refractivity contribution in [1.82, 2.24) is 14.7 Å². The van der Waals surface area contributed by atoms with Crippen LogP contribution in [0.15, 0.2) is 95.2 Å². The second-order valence-electron chi connectivity index (χ2n) is 7.53. The number of hydrazone groups is 1. The second kappa shape index (κ2) is 9.84. The normalized spacial score (nSPS) is 15.9. The first kappa shape index (κ1) is 21.9. The largest absolute Gasteiger partial charge is 0.273 e. The molecular formula is C24H24N4O3S. The van der Waals surface area contributed by atoms with Gasteiger partial charge in [-0.3, -0.25) is 9.78 Å². The molecule has 0 unspecified atom stereocenters. The highest BCUT2D eigenvalue weighted by Gasteiger charge is 2.32. The predicted molar refractivity (Wildman–Crippen MR) is 122 cm³/mol. The van der Waals surface area contributed by atoms with Gasteiger partial charge in [-0.2, -0.15) is 9.41 Å². The van der Waals surface area contributed by atoms with Crippen LogP contribution in [0.5, 0.6) is 0 Å². The maximum absolute atomic E-state index is 12.8. The molecule has 1 aliphatic heterocycles. The van der Waals surface area contributed by atoms with Gasteiger partial charge in [-0.15, -0.1) is 0 Å². The lowest BCUT2D eigenvalue weighted by molar-refractivity contribution is -0.126. The minimum Gasteiger partial charge on any atom is -0.273 e. The Balaban J connectivity index is 1.43. The Hall–Kier alpha value is -3.36. The van der Waals surface area contributed by atoms with Crippen molar-refractivity contribution < 1.29 is 13.2 Å². The molecule has 1 aromatic heterocycles. The van der Waals surface area contributed by atoms with E-state index in [4.69, 9.17) is 0 Å². The third-order valence-electron chi connectivity index (χ3n) is 5.48. The molecule has 0 spiro atoms. The molecule has 2 heterocycles. The van der Waals surface area contributed by atoms with Crippen molar-refractivity contribution in [3.63, 3.8) is 0 Å².